The summed E-state index contributed by atoms with van der Waals surface area (Å²) in [5.74, 6) is -0.615. The third-order valence-corrected chi connectivity index (χ3v) is 8.33. The summed E-state index contributed by atoms with van der Waals surface area (Å²) < 4.78 is 7.56. The van der Waals surface area contributed by atoms with Crippen LogP contribution in [0.15, 0.2) is 79.0 Å². The molecule has 0 radical (unpaired) electrons. The van der Waals surface area contributed by atoms with Gasteiger partial charge in [-0.2, -0.15) is 0 Å². The lowest BCUT2D eigenvalue weighted by Gasteiger charge is -2.25. The van der Waals surface area contributed by atoms with E-state index in [1.807, 2.05) is 72.8 Å². The molecule has 1 aliphatic carbocycles. The van der Waals surface area contributed by atoms with Crippen molar-refractivity contribution in [2.75, 3.05) is 6.61 Å². The molecule has 1 aliphatic rings. The van der Waals surface area contributed by atoms with Gasteiger partial charge in [0.15, 0.2) is 5.69 Å². The molecule has 43 heavy (non-hydrogen) atoms. The number of rotatable bonds is 6. The first-order chi connectivity index (χ1) is 21.0. The smallest absolute Gasteiger partial charge is 0.355 e. The number of ether oxygens (including phenoxy) is 1. The van der Waals surface area contributed by atoms with Crippen molar-refractivity contribution in [1.29, 1.82) is 0 Å². The van der Waals surface area contributed by atoms with E-state index in [4.69, 9.17) is 9.72 Å². The van der Waals surface area contributed by atoms with Crippen LogP contribution in [0, 0.1) is 0 Å². The van der Waals surface area contributed by atoms with E-state index in [9.17, 15) is 14.7 Å². The fourth-order valence-electron chi connectivity index (χ4n) is 6.29. The normalized spacial score (nSPS) is 14.0. The van der Waals surface area contributed by atoms with E-state index < -0.39 is 5.97 Å². The standard InChI is InChI=1S/C35H30N4O4/c1-2-43-35(42)24-12-15-31-30(20-24)38-33(39(31)26-8-4-3-5-9-26)23-11-14-29-25(18-23)19-27(32(37-29)34(40)41)21-10-13-28-22(17-21)7-6-16-36-28/h6-7,10-20,26H,2-5,8-9H2,1H3,(H,40,41). The minimum Gasteiger partial charge on any atom is -0.476 e. The minimum absolute atomic E-state index is 0.00410. The van der Waals surface area contributed by atoms with Crippen LogP contribution in [0.1, 0.15) is 65.9 Å². The van der Waals surface area contributed by atoms with Gasteiger partial charge in [-0.1, -0.05) is 31.4 Å². The van der Waals surface area contributed by atoms with Crippen LogP contribution in [0.25, 0.3) is 55.4 Å². The molecule has 8 heteroatoms. The SMILES string of the molecule is CCOC(=O)c1ccc2c(c1)nc(-c1ccc3nc(C(=O)O)c(-c4ccc5ncccc5c4)cc3c1)n2C1CCCCC1. The predicted octanol–water partition coefficient (Wildman–Crippen LogP) is 7.85. The molecule has 0 atom stereocenters. The molecule has 0 saturated heterocycles. The molecule has 3 aromatic heterocycles. The van der Waals surface area contributed by atoms with Gasteiger partial charge in [0.25, 0.3) is 0 Å². The number of carbonyl (C=O) groups excluding carboxylic acids is 1. The van der Waals surface area contributed by atoms with Gasteiger partial charge in [0.2, 0.25) is 0 Å². The fraction of sp³-hybridized carbons (Fsp3) is 0.229. The highest BCUT2D eigenvalue weighted by molar-refractivity contribution is 6.01. The van der Waals surface area contributed by atoms with Crippen LogP contribution in [0.2, 0.25) is 0 Å². The first-order valence-electron chi connectivity index (χ1n) is 14.7. The first kappa shape index (κ1) is 26.8. The molecule has 6 aromatic rings. The number of pyridine rings is 2. The van der Waals surface area contributed by atoms with Crippen molar-refractivity contribution in [2.45, 2.75) is 45.1 Å². The third-order valence-electron chi connectivity index (χ3n) is 8.33. The monoisotopic (exact) mass is 570 g/mol. The molecule has 1 fully saturated rings. The van der Waals surface area contributed by atoms with E-state index in [0.717, 1.165) is 70.0 Å². The Morgan fingerprint density at radius 2 is 1.65 bits per heavy atom. The second-order valence-electron chi connectivity index (χ2n) is 11.0. The summed E-state index contributed by atoms with van der Waals surface area (Å²) >= 11 is 0. The average molecular weight is 571 g/mol. The van der Waals surface area contributed by atoms with E-state index in [1.54, 1.807) is 13.1 Å². The maximum Gasteiger partial charge on any atom is 0.355 e. The van der Waals surface area contributed by atoms with Gasteiger partial charge >= 0.3 is 11.9 Å². The number of hydrogen-bond acceptors (Lipinski definition) is 6. The van der Waals surface area contributed by atoms with E-state index in [2.05, 4.69) is 14.5 Å². The van der Waals surface area contributed by atoms with E-state index in [-0.39, 0.29) is 11.7 Å². The molecule has 0 amide bonds. The molecule has 214 valence electrons. The number of carbonyl (C=O) groups is 2. The Morgan fingerprint density at radius 1 is 0.860 bits per heavy atom. The Labute approximate surface area is 248 Å². The number of carboxylic acids is 1. The summed E-state index contributed by atoms with van der Waals surface area (Å²) in [7, 11) is 0. The van der Waals surface area contributed by atoms with Gasteiger partial charge in [-0.05, 0) is 86.0 Å². The zero-order valence-electron chi connectivity index (χ0n) is 23.8. The molecule has 0 aliphatic heterocycles. The van der Waals surface area contributed by atoms with Crippen LogP contribution in [0.4, 0.5) is 0 Å². The molecule has 0 spiro atoms. The second-order valence-corrected chi connectivity index (χ2v) is 11.0. The van der Waals surface area contributed by atoms with E-state index in [1.165, 1.54) is 6.42 Å². The average Bonchev–Trinajstić information content (AvgIpc) is 3.43. The fourth-order valence-corrected chi connectivity index (χ4v) is 6.29. The van der Waals surface area contributed by atoms with Crippen molar-refractivity contribution in [3.05, 3.63) is 90.3 Å². The largest absolute Gasteiger partial charge is 0.476 e. The van der Waals surface area contributed by atoms with Crippen LogP contribution < -0.4 is 0 Å². The summed E-state index contributed by atoms with van der Waals surface area (Å²) in [6.07, 6.45) is 7.42. The van der Waals surface area contributed by atoms with Gasteiger partial charge < -0.3 is 14.4 Å². The van der Waals surface area contributed by atoms with Crippen molar-refractivity contribution in [1.82, 2.24) is 19.5 Å². The Kier molecular flexibility index (Phi) is 6.81. The topological polar surface area (TPSA) is 107 Å². The molecule has 1 N–H and O–H groups in total. The number of aromatic carboxylic acids is 1. The number of esters is 1. The Balaban J connectivity index is 1.40. The molecule has 0 unspecified atom stereocenters. The highest BCUT2D eigenvalue weighted by Gasteiger charge is 2.24. The number of fused-ring (bicyclic) bond motifs is 3. The molecule has 7 rings (SSSR count). The van der Waals surface area contributed by atoms with Crippen LogP contribution in [0.3, 0.4) is 0 Å². The highest BCUT2D eigenvalue weighted by Crippen LogP contribution is 2.38. The summed E-state index contributed by atoms with van der Waals surface area (Å²) in [5, 5.41) is 11.8. The molecular formula is C35H30N4O4. The van der Waals surface area contributed by atoms with Crippen LogP contribution >= 0.6 is 0 Å². The number of carboxylic acid groups (broad SMARTS) is 1. The quantitative estimate of drug-likeness (QED) is 0.203. The van der Waals surface area contributed by atoms with Crippen molar-refractivity contribution in [2.24, 2.45) is 0 Å². The van der Waals surface area contributed by atoms with Crippen molar-refractivity contribution in [3.63, 3.8) is 0 Å². The molecule has 1 saturated carbocycles. The third kappa shape index (κ3) is 4.88. The van der Waals surface area contributed by atoms with Gasteiger partial charge in [0, 0.05) is 34.1 Å². The van der Waals surface area contributed by atoms with Crippen molar-refractivity contribution < 1.29 is 19.4 Å². The maximum absolute atomic E-state index is 12.5. The minimum atomic E-state index is -1.08. The van der Waals surface area contributed by atoms with E-state index in [0.29, 0.717) is 29.3 Å². The number of aromatic nitrogens is 4. The molecular weight excluding hydrogens is 540 g/mol. The number of benzene rings is 3. The number of imidazole rings is 1. The Bertz CT molecular complexity index is 2040. The lowest BCUT2D eigenvalue weighted by molar-refractivity contribution is 0.0526. The Hall–Kier alpha value is -5.11. The van der Waals surface area contributed by atoms with Crippen LogP contribution in [-0.4, -0.2) is 43.2 Å². The van der Waals surface area contributed by atoms with Gasteiger partial charge in [-0.3, -0.25) is 4.98 Å². The molecule has 0 bridgehead atoms. The van der Waals surface area contributed by atoms with Crippen LogP contribution in [0.5, 0.6) is 0 Å². The van der Waals surface area contributed by atoms with E-state index >= 15 is 0 Å². The lowest BCUT2D eigenvalue weighted by Crippen LogP contribution is -2.14. The Morgan fingerprint density at radius 3 is 2.47 bits per heavy atom. The zero-order chi connectivity index (χ0) is 29.5. The predicted molar refractivity (Wildman–Crippen MR) is 166 cm³/mol. The highest BCUT2D eigenvalue weighted by atomic mass is 16.5. The van der Waals surface area contributed by atoms with Gasteiger partial charge in [0.05, 0.1) is 34.2 Å². The number of nitrogens with zero attached hydrogens (tertiary/aromatic N) is 4. The van der Waals surface area contributed by atoms with Gasteiger partial charge in [0.1, 0.15) is 5.82 Å². The molecule has 8 nitrogen and oxygen atoms in total. The molecule has 3 aromatic carbocycles. The van der Waals surface area contributed by atoms with Gasteiger partial charge in [-0.15, -0.1) is 0 Å². The summed E-state index contributed by atoms with van der Waals surface area (Å²) in [6.45, 7) is 2.11. The summed E-state index contributed by atoms with van der Waals surface area (Å²) in [4.78, 5) is 38.8. The second kappa shape index (κ2) is 10.9. The zero-order valence-corrected chi connectivity index (χ0v) is 23.8. The summed E-state index contributed by atoms with van der Waals surface area (Å²) in [6, 6.07) is 23.2. The molecule has 3 heterocycles. The first-order valence-corrected chi connectivity index (χ1v) is 14.7. The maximum atomic E-state index is 12.5. The number of hydrogen-bond donors (Lipinski definition) is 1. The van der Waals surface area contributed by atoms with Crippen LogP contribution in [-0.2, 0) is 4.74 Å². The van der Waals surface area contributed by atoms with Crippen molar-refractivity contribution in [3.8, 4) is 22.5 Å². The summed E-state index contributed by atoms with van der Waals surface area (Å²) in [5.41, 5.74) is 5.87. The van der Waals surface area contributed by atoms with Gasteiger partial charge in [-0.25, -0.2) is 19.6 Å². The lowest BCUT2D eigenvalue weighted by atomic mass is 9.94. The van der Waals surface area contributed by atoms with Crippen molar-refractivity contribution >= 4 is 44.8 Å².